The lowest BCUT2D eigenvalue weighted by Crippen LogP contribution is -2.18. The van der Waals surface area contributed by atoms with Crippen LogP contribution in [-0.2, 0) is 9.47 Å². The first kappa shape index (κ1) is 26.9. The van der Waals surface area contributed by atoms with Gasteiger partial charge in [-0.2, -0.15) is 0 Å². The van der Waals surface area contributed by atoms with Crippen LogP contribution >= 0.6 is 0 Å². The molecule has 1 radical (unpaired) electrons. The van der Waals surface area contributed by atoms with Gasteiger partial charge in [-0.15, -0.1) is 0 Å². The van der Waals surface area contributed by atoms with E-state index in [2.05, 4.69) is 19.2 Å². The number of hydrogen-bond donors (Lipinski definition) is 0. The topological polar surface area (TPSA) is 32.6 Å². The number of ether oxygens (including phenoxy) is 2. The van der Waals surface area contributed by atoms with Crippen molar-refractivity contribution in [2.24, 2.45) is 0 Å². The van der Waals surface area contributed by atoms with E-state index in [0.717, 1.165) is 39.5 Å². The molecule has 0 rings (SSSR count). The quantitative estimate of drug-likeness (QED) is 0.169. The molecule has 0 aliphatic carbocycles. The predicted octanol–water partition coefficient (Wildman–Crippen LogP) is 6.91. The van der Waals surface area contributed by atoms with Gasteiger partial charge in [-0.1, -0.05) is 104 Å². The minimum atomic E-state index is 0.772. The van der Waals surface area contributed by atoms with E-state index in [4.69, 9.17) is 9.47 Å². The summed E-state index contributed by atoms with van der Waals surface area (Å²) in [7, 11) is 0. The molecule has 0 unspecified atom stereocenters. The van der Waals surface area contributed by atoms with E-state index in [1.54, 1.807) is 0 Å². The maximum absolute atomic E-state index is 5.65. The summed E-state index contributed by atoms with van der Waals surface area (Å²) in [6.07, 6.45) is 21.7. The van der Waals surface area contributed by atoms with Gasteiger partial charge in [0.15, 0.2) is 0 Å². The Labute approximate surface area is 171 Å². The van der Waals surface area contributed by atoms with Crippen LogP contribution in [0.4, 0.5) is 0 Å². The Morgan fingerprint density at radius 1 is 0.407 bits per heavy atom. The zero-order chi connectivity index (χ0) is 19.7. The summed E-state index contributed by atoms with van der Waals surface area (Å²) in [5.41, 5.74) is 0. The van der Waals surface area contributed by atoms with Gasteiger partial charge < -0.3 is 9.47 Å². The van der Waals surface area contributed by atoms with E-state index in [1.165, 1.54) is 103 Å². The van der Waals surface area contributed by atoms with Crippen molar-refractivity contribution < 1.29 is 9.47 Å². The minimum absolute atomic E-state index is 0.772. The Morgan fingerprint density at radius 2 is 0.741 bits per heavy atom. The van der Waals surface area contributed by atoms with Gasteiger partial charge in [0.2, 0.25) is 0 Å². The van der Waals surface area contributed by atoms with Crippen molar-refractivity contribution >= 4 is 0 Å². The zero-order valence-electron chi connectivity index (χ0n) is 18.8. The van der Waals surface area contributed by atoms with Crippen LogP contribution in [0.25, 0.3) is 0 Å². The van der Waals surface area contributed by atoms with E-state index in [1.807, 2.05) is 0 Å². The van der Waals surface area contributed by atoms with Gasteiger partial charge in [-0.3, -0.25) is 0 Å². The molecule has 0 saturated carbocycles. The van der Waals surface area contributed by atoms with Crippen LogP contribution in [0.2, 0.25) is 0 Å². The summed E-state index contributed by atoms with van der Waals surface area (Å²) in [6, 6.07) is 0. The second kappa shape index (κ2) is 25.9. The molecule has 163 valence electrons. The van der Waals surface area contributed by atoms with Crippen LogP contribution < -0.4 is 5.32 Å². The lowest BCUT2D eigenvalue weighted by Gasteiger charge is -2.06. The van der Waals surface area contributed by atoms with Crippen molar-refractivity contribution in [3.05, 3.63) is 0 Å². The highest BCUT2D eigenvalue weighted by Gasteiger charge is 1.95. The summed E-state index contributed by atoms with van der Waals surface area (Å²) in [6.45, 7) is 9.53. The lowest BCUT2D eigenvalue weighted by molar-refractivity contribution is 0.116. The maximum Gasteiger partial charge on any atom is 0.0607 e. The van der Waals surface area contributed by atoms with Crippen molar-refractivity contribution in [3.63, 3.8) is 0 Å². The fourth-order valence-electron chi connectivity index (χ4n) is 3.25. The highest BCUT2D eigenvalue weighted by Crippen LogP contribution is 2.09. The van der Waals surface area contributed by atoms with Crippen molar-refractivity contribution in [1.82, 2.24) is 5.32 Å². The van der Waals surface area contributed by atoms with E-state index in [0.29, 0.717) is 0 Å². The molecule has 0 bridgehead atoms. The number of rotatable bonds is 24. The van der Waals surface area contributed by atoms with Gasteiger partial charge in [0.05, 0.1) is 13.2 Å². The van der Waals surface area contributed by atoms with Gasteiger partial charge in [-0.05, 0) is 12.8 Å². The molecule has 3 nitrogen and oxygen atoms in total. The maximum atomic E-state index is 5.65. The molecule has 3 heteroatoms. The normalized spacial score (nSPS) is 11.3. The average molecular weight is 385 g/mol. The monoisotopic (exact) mass is 384 g/mol. The fraction of sp³-hybridized carbons (Fsp3) is 1.00. The lowest BCUT2D eigenvalue weighted by atomic mass is 10.1. The van der Waals surface area contributed by atoms with E-state index >= 15 is 0 Å². The van der Waals surface area contributed by atoms with Gasteiger partial charge in [-0.25, -0.2) is 5.32 Å². The first-order chi connectivity index (χ1) is 13.4. The van der Waals surface area contributed by atoms with Crippen LogP contribution in [-0.4, -0.2) is 39.5 Å². The molecular formula is C24H50NO2. The van der Waals surface area contributed by atoms with Gasteiger partial charge in [0.1, 0.15) is 0 Å². The standard InChI is InChI=1S/C24H50NO2/c1-3-5-7-9-11-13-15-17-21-26-23-19-25-20-24-27-22-18-16-14-12-10-8-6-4-2/h3-24H2,1-2H3. The molecule has 0 spiro atoms. The molecular weight excluding hydrogens is 334 g/mol. The Balaban J connectivity index is 2.95. The van der Waals surface area contributed by atoms with Crippen LogP contribution in [0.15, 0.2) is 0 Å². The third kappa shape index (κ3) is 25.9. The average Bonchev–Trinajstić information content (AvgIpc) is 2.68. The fourth-order valence-corrected chi connectivity index (χ4v) is 3.25. The highest BCUT2D eigenvalue weighted by molar-refractivity contribution is 4.49. The minimum Gasteiger partial charge on any atom is -0.380 e. The van der Waals surface area contributed by atoms with Crippen molar-refractivity contribution in [1.29, 1.82) is 0 Å². The molecule has 0 atom stereocenters. The molecule has 0 heterocycles. The second-order valence-electron chi connectivity index (χ2n) is 7.85. The molecule has 0 aromatic carbocycles. The van der Waals surface area contributed by atoms with Gasteiger partial charge in [0, 0.05) is 26.3 Å². The third-order valence-corrected chi connectivity index (χ3v) is 5.07. The van der Waals surface area contributed by atoms with Crippen molar-refractivity contribution in [2.75, 3.05) is 39.5 Å². The van der Waals surface area contributed by atoms with Crippen LogP contribution in [0.3, 0.4) is 0 Å². The van der Waals surface area contributed by atoms with Crippen LogP contribution in [0, 0.1) is 0 Å². The van der Waals surface area contributed by atoms with Gasteiger partial charge >= 0.3 is 0 Å². The summed E-state index contributed by atoms with van der Waals surface area (Å²) in [5, 5.41) is 4.47. The summed E-state index contributed by atoms with van der Waals surface area (Å²) in [5.74, 6) is 0. The highest BCUT2D eigenvalue weighted by atomic mass is 16.5. The molecule has 0 amide bonds. The first-order valence-corrected chi connectivity index (χ1v) is 12.2. The number of unbranched alkanes of at least 4 members (excludes halogenated alkanes) is 14. The molecule has 0 saturated heterocycles. The van der Waals surface area contributed by atoms with Crippen LogP contribution in [0.5, 0.6) is 0 Å². The van der Waals surface area contributed by atoms with Crippen LogP contribution in [0.1, 0.15) is 117 Å². The summed E-state index contributed by atoms with van der Waals surface area (Å²) < 4.78 is 11.3. The Morgan fingerprint density at radius 3 is 1.11 bits per heavy atom. The summed E-state index contributed by atoms with van der Waals surface area (Å²) >= 11 is 0. The molecule has 0 aromatic heterocycles. The summed E-state index contributed by atoms with van der Waals surface area (Å²) in [4.78, 5) is 0. The molecule has 27 heavy (non-hydrogen) atoms. The number of nitrogens with zero attached hydrogens (tertiary/aromatic N) is 1. The molecule has 0 N–H and O–H groups in total. The second-order valence-corrected chi connectivity index (χ2v) is 7.85. The van der Waals surface area contributed by atoms with Gasteiger partial charge in [0.25, 0.3) is 0 Å². The smallest absolute Gasteiger partial charge is 0.0607 e. The SMILES string of the molecule is CCCCCCCCCCOCC[N]CCOCCCCCCCCCC. The van der Waals surface area contributed by atoms with E-state index in [9.17, 15) is 0 Å². The van der Waals surface area contributed by atoms with E-state index in [-0.39, 0.29) is 0 Å². The third-order valence-electron chi connectivity index (χ3n) is 5.07. The first-order valence-electron chi connectivity index (χ1n) is 12.2. The predicted molar refractivity (Wildman–Crippen MR) is 119 cm³/mol. The molecule has 0 aromatic rings. The Hall–Kier alpha value is -0.120. The van der Waals surface area contributed by atoms with Crippen molar-refractivity contribution in [2.45, 2.75) is 117 Å². The largest absolute Gasteiger partial charge is 0.380 e. The number of hydrogen-bond acceptors (Lipinski definition) is 2. The van der Waals surface area contributed by atoms with E-state index < -0.39 is 0 Å². The molecule has 0 fully saturated rings. The van der Waals surface area contributed by atoms with Crippen molar-refractivity contribution in [3.8, 4) is 0 Å². The Bertz CT molecular complexity index is 225. The molecule has 0 aliphatic heterocycles. The zero-order valence-corrected chi connectivity index (χ0v) is 18.8. The molecule has 0 aliphatic rings. The Kier molecular flexibility index (Phi) is 25.8.